The molecule has 11 heavy (non-hydrogen) atoms. The van der Waals surface area contributed by atoms with Crippen LogP contribution >= 0.6 is 0 Å². The van der Waals surface area contributed by atoms with Crippen molar-refractivity contribution < 1.29 is 0 Å². The molecule has 62 valence electrons. The molecule has 1 aromatic rings. The SMILES string of the molecule is CCC[C@@H](C)c1cc(N)n[nH]1. The Hall–Kier alpha value is -0.990. The van der Waals surface area contributed by atoms with E-state index in [4.69, 9.17) is 5.73 Å². The van der Waals surface area contributed by atoms with E-state index >= 15 is 0 Å². The third kappa shape index (κ3) is 1.97. The molecule has 0 radical (unpaired) electrons. The first kappa shape index (κ1) is 8.11. The Morgan fingerprint density at radius 3 is 2.91 bits per heavy atom. The molecule has 0 unspecified atom stereocenters. The highest BCUT2D eigenvalue weighted by Gasteiger charge is 2.05. The average molecular weight is 153 g/mol. The lowest BCUT2D eigenvalue weighted by Gasteiger charge is -2.04. The van der Waals surface area contributed by atoms with Crippen molar-refractivity contribution in [2.45, 2.75) is 32.6 Å². The van der Waals surface area contributed by atoms with Crippen LogP contribution in [0, 0.1) is 0 Å². The van der Waals surface area contributed by atoms with Crippen LogP contribution in [0.25, 0.3) is 0 Å². The fraction of sp³-hybridized carbons (Fsp3) is 0.625. The predicted octanol–water partition coefficient (Wildman–Crippen LogP) is 1.90. The summed E-state index contributed by atoms with van der Waals surface area (Å²) in [5, 5.41) is 6.79. The largest absolute Gasteiger partial charge is 0.382 e. The van der Waals surface area contributed by atoms with E-state index < -0.39 is 0 Å². The predicted molar refractivity (Wildman–Crippen MR) is 46.3 cm³/mol. The van der Waals surface area contributed by atoms with Gasteiger partial charge in [0.15, 0.2) is 0 Å². The van der Waals surface area contributed by atoms with E-state index in [9.17, 15) is 0 Å². The number of aromatic amines is 1. The molecule has 0 spiro atoms. The molecule has 0 aliphatic rings. The maximum absolute atomic E-state index is 5.47. The molecule has 3 N–H and O–H groups in total. The van der Waals surface area contributed by atoms with Gasteiger partial charge in [-0.15, -0.1) is 0 Å². The summed E-state index contributed by atoms with van der Waals surface area (Å²) in [6.45, 7) is 4.35. The molecule has 0 aliphatic carbocycles. The summed E-state index contributed by atoms with van der Waals surface area (Å²) in [5.41, 5.74) is 6.61. The molecule has 0 aliphatic heterocycles. The Kier molecular flexibility index (Phi) is 2.52. The number of nitrogen functional groups attached to an aromatic ring is 1. The third-order valence-corrected chi connectivity index (χ3v) is 1.87. The summed E-state index contributed by atoms with van der Waals surface area (Å²) in [6, 6.07) is 1.90. The molecule has 0 bridgehead atoms. The molecule has 3 nitrogen and oxygen atoms in total. The van der Waals surface area contributed by atoms with Crippen molar-refractivity contribution in [2.75, 3.05) is 5.73 Å². The Labute approximate surface area is 67.0 Å². The quantitative estimate of drug-likeness (QED) is 0.696. The number of H-pyrrole nitrogens is 1. The van der Waals surface area contributed by atoms with Crippen LogP contribution in [0.2, 0.25) is 0 Å². The minimum Gasteiger partial charge on any atom is -0.382 e. The van der Waals surface area contributed by atoms with Crippen LogP contribution < -0.4 is 5.73 Å². The Morgan fingerprint density at radius 2 is 2.45 bits per heavy atom. The summed E-state index contributed by atoms with van der Waals surface area (Å²) in [5.74, 6) is 1.13. The summed E-state index contributed by atoms with van der Waals surface area (Å²) >= 11 is 0. The van der Waals surface area contributed by atoms with Gasteiger partial charge in [-0.2, -0.15) is 5.10 Å². The smallest absolute Gasteiger partial charge is 0.145 e. The zero-order valence-corrected chi connectivity index (χ0v) is 7.09. The van der Waals surface area contributed by atoms with Crippen LogP contribution in [0.4, 0.5) is 5.82 Å². The second-order valence-corrected chi connectivity index (χ2v) is 2.94. The highest BCUT2D eigenvalue weighted by atomic mass is 15.2. The van der Waals surface area contributed by atoms with E-state index in [-0.39, 0.29) is 0 Å². The number of nitrogens with two attached hydrogens (primary N) is 1. The van der Waals surface area contributed by atoms with Crippen molar-refractivity contribution >= 4 is 5.82 Å². The Bertz CT molecular complexity index is 217. The van der Waals surface area contributed by atoms with Crippen molar-refractivity contribution in [2.24, 2.45) is 0 Å². The minimum absolute atomic E-state index is 0.546. The van der Waals surface area contributed by atoms with Gasteiger partial charge in [0.05, 0.1) is 0 Å². The second kappa shape index (κ2) is 3.42. The van der Waals surface area contributed by atoms with Crippen molar-refractivity contribution in [3.8, 4) is 0 Å². The molecular weight excluding hydrogens is 138 g/mol. The van der Waals surface area contributed by atoms with Gasteiger partial charge in [-0.1, -0.05) is 20.3 Å². The first-order chi connectivity index (χ1) is 5.24. The zero-order valence-electron chi connectivity index (χ0n) is 7.09. The maximum Gasteiger partial charge on any atom is 0.145 e. The number of hydrogen-bond donors (Lipinski definition) is 2. The summed E-state index contributed by atoms with van der Waals surface area (Å²) in [7, 11) is 0. The van der Waals surface area contributed by atoms with E-state index in [1.54, 1.807) is 0 Å². The normalized spacial score (nSPS) is 13.3. The molecule has 1 rings (SSSR count). The van der Waals surface area contributed by atoms with E-state index in [0.717, 1.165) is 5.69 Å². The van der Waals surface area contributed by atoms with Crippen molar-refractivity contribution in [3.63, 3.8) is 0 Å². The van der Waals surface area contributed by atoms with E-state index in [1.807, 2.05) is 6.07 Å². The molecular formula is C8H15N3. The van der Waals surface area contributed by atoms with Crippen LogP contribution in [0.15, 0.2) is 6.07 Å². The van der Waals surface area contributed by atoms with Gasteiger partial charge in [0.1, 0.15) is 5.82 Å². The lowest BCUT2D eigenvalue weighted by atomic mass is 10.0. The summed E-state index contributed by atoms with van der Waals surface area (Å²) in [4.78, 5) is 0. The fourth-order valence-corrected chi connectivity index (χ4v) is 1.19. The van der Waals surface area contributed by atoms with Gasteiger partial charge in [-0.05, 0) is 12.3 Å². The van der Waals surface area contributed by atoms with Crippen LogP contribution in [-0.4, -0.2) is 10.2 Å². The van der Waals surface area contributed by atoms with Crippen LogP contribution in [-0.2, 0) is 0 Å². The van der Waals surface area contributed by atoms with Crippen molar-refractivity contribution in [1.82, 2.24) is 10.2 Å². The van der Waals surface area contributed by atoms with Gasteiger partial charge in [0.25, 0.3) is 0 Å². The average Bonchev–Trinajstić information content (AvgIpc) is 2.36. The fourth-order valence-electron chi connectivity index (χ4n) is 1.19. The molecule has 0 aromatic carbocycles. The molecule has 1 atom stereocenters. The van der Waals surface area contributed by atoms with Gasteiger partial charge in [0.2, 0.25) is 0 Å². The Balaban J connectivity index is 2.60. The lowest BCUT2D eigenvalue weighted by Crippen LogP contribution is -1.92. The highest BCUT2D eigenvalue weighted by Crippen LogP contribution is 2.18. The van der Waals surface area contributed by atoms with Crippen LogP contribution in [0.3, 0.4) is 0 Å². The van der Waals surface area contributed by atoms with E-state index in [1.165, 1.54) is 12.8 Å². The number of rotatable bonds is 3. The number of nitrogens with zero attached hydrogens (tertiary/aromatic N) is 1. The molecule has 0 amide bonds. The molecule has 3 heteroatoms. The summed E-state index contributed by atoms with van der Waals surface area (Å²) < 4.78 is 0. The van der Waals surface area contributed by atoms with E-state index in [0.29, 0.717) is 11.7 Å². The zero-order chi connectivity index (χ0) is 8.27. The topological polar surface area (TPSA) is 54.7 Å². The highest BCUT2D eigenvalue weighted by molar-refractivity contribution is 5.29. The van der Waals surface area contributed by atoms with Gasteiger partial charge in [-0.25, -0.2) is 0 Å². The van der Waals surface area contributed by atoms with Crippen LogP contribution in [0.5, 0.6) is 0 Å². The molecule has 1 aromatic heterocycles. The Morgan fingerprint density at radius 1 is 1.73 bits per heavy atom. The number of hydrogen-bond acceptors (Lipinski definition) is 2. The number of anilines is 1. The molecule has 0 saturated carbocycles. The second-order valence-electron chi connectivity index (χ2n) is 2.94. The first-order valence-corrected chi connectivity index (χ1v) is 4.04. The molecule has 0 saturated heterocycles. The van der Waals surface area contributed by atoms with Gasteiger partial charge in [-0.3, -0.25) is 5.10 Å². The molecule has 1 heterocycles. The van der Waals surface area contributed by atoms with Crippen molar-refractivity contribution in [3.05, 3.63) is 11.8 Å². The van der Waals surface area contributed by atoms with Gasteiger partial charge >= 0.3 is 0 Å². The first-order valence-electron chi connectivity index (χ1n) is 4.04. The van der Waals surface area contributed by atoms with E-state index in [2.05, 4.69) is 24.0 Å². The van der Waals surface area contributed by atoms with Gasteiger partial charge in [0, 0.05) is 11.8 Å². The summed E-state index contributed by atoms with van der Waals surface area (Å²) in [6.07, 6.45) is 2.38. The maximum atomic E-state index is 5.47. The number of nitrogens with one attached hydrogen (secondary N) is 1. The third-order valence-electron chi connectivity index (χ3n) is 1.87. The number of aromatic nitrogens is 2. The minimum atomic E-state index is 0.546. The monoisotopic (exact) mass is 153 g/mol. The van der Waals surface area contributed by atoms with Crippen LogP contribution in [0.1, 0.15) is 38.3 Å². The lowest BCUT2D eigenvalue weighted by molar-refractivity contribution is 0.645. The van der Waals surface area contributed by atoms with Crippen molar-refractivity contribution in [1.29, 1.82) is 0 Å². The van der Waals surface area contributed by atoms with Gasteiger partial charge < -0.3 is 5.73 Å². The molecule has 0 fully saturated rings. The standard InChI is InChI=1S/C8H15N3/c1-3-4-6(2)7-5-8(9)11-10-7/h5-6H,3-4H2,1-2H3,(H3,9,10,11)/t6-/m1/s1.